The number of nitrogens with one attached hydrogen (secondary N) is 2. The Balaban J connectivity index is 2.77. The van der Waals surface area contributed by atoms with Gasteiger partial charge in [0.15, 0.2) is 0 Å². The van der Waals surface area contributed by atoms with Crippen LogP contribution < -0.4 is 10.6 Å². The number of aromatic hydroxyl groups is 1. The van der Waals surface area contributed by atoms with Crippen molar-refractivity contribution in [3.63, 3.8) is 0 Å². The van der Waals surface area contributed by atoms with E-state index < -0.39 is 5.54 Å². The Kier molecular flexibility index (Phi) is 4.12. The van der Waals surface area contributed by atoms with Crippen LogP contribution in [0.15, 0.2) is 18.2 Å². The van der Waals surface area contributed by atoms with Crippen LogP contribution >= 0.6 is 0 Å². The molecule has 1 rings (SSSR count). The first kappa shape index (κ1) is 13.5. The van der Waals surface area contributed by atoms with Crippen LogP contribution in [-0.2, 0) is 4.79 Å². The largest absolute Gasteiger partial charge is 0.508 e. The number of benzene rings is 1. The molecule has 4 nitrogen and oxygen atoms in total. The zero-order valence-electron chi connectivity index (χ0n) is 10.8. The van der Waals surface area contributed by atoms with Crippen molar-refractivity contribution in [1.29, 1.82) is 0 Å². The summed E-state index contributed by atoms with van der Waals surface area (Å²) >= 11 is 0. The van der Waals surface area contributed by atoms with Gasteiger partial charge in [0, 0.05) is 5.69 Å². The highest BCUT2D eigenvalue weighted by Crippen LogP contribution is 2.20. The third kappa shape index (κ3) is 3.46. The number of hydrogen-bond donors (Lipinski definition) is 3. The van der Waals surface area contributed by atoms with Crippen LogP contribution in [0.3, 0.4) is 0 Å². The molecule has 0 fully saturated rings. The molecule has 0 spiro atoms. The van der Waals surface area contributed by atoms with E-state index in [1.54, 1.807) is 25.1 Å². The smallest absolute Gasteiger partial charge is 0.244 e. The SMILES string of the molecule is CCNC(C)(C)C(=O)Nc1ccc(O)c(C)c1. The van der Waals surface area contributed by atoms with Crippen LogP contribution in [0.25, 0.3) is 0 Å². The lowest BCUT2D eigenvalue weighted by Crippen LogP contribution is -2.49. The van der Waals surface area contributed by atoms with Crippen molar-refractivity contribution in [2.75, 3.05) is 11.9 Å². The number of likely N-dealkylation sites (N-methyl/N-ethyl adjacent to an activating group) is 1. The van der Waals surface area contributed by atoms with E-state index in [0.717, 1.165) is 12.1 Å². The van der Waals surface area contributed by atoms with E-state index in [1.165, 1.54) is 0 Å². The maximum Gasteiger partial charge on any atom is 0.244 e. The fourth-order valence-electron chi connectivity index (χ4n) is 1.54. The summed E-state index contributed by atoms with van der Waals surface area (Å²) in [6.45, 7) is 8.15. The van der Waals surface area contributed by atoms with E-state index in [4.69, 9.17) is 0 Å². The molecule has 0 unspecified atom stereocenters. The molecule has 0 aliphatic rings. The summed E-state index contributed by atoms with van der Waals surface area (Å²) in [5.41, 5.74) is 0.820. The summed E-state index contributed by atoms with van der Waals surface area (Å²) in [5.74, 6) is 0.137. The number of phenols is 1. The molecule has 0 saturated carbocycles. The summed E-state index contributed by atoms with van der Waals surface area (Å²) in [7, 11) is 0. The lowest BCUT2D eigenvalue weighted by atomic mass is 10.0. The zero-order valence-corrected chi connectivity index (χ0v) is 10.8. The molecule has 0 aromatic heterocycles. The number of rotatable bonds is 4. The number of amides is 1. The Labute approximate surface area is 102 Å². The number of aryl methyl sites for hydroxylation is 1. The third-order valence-corrected chi connectivity index (χ3v) is 2.64. The van der Waals surface area contributed by atoms with Crippen molar-refractivity contribution in [3.8, 4) is 5.75 Å². The maximum absolute atomic E-state index is 12.0. The first-order valence-electron chi connectivity index (χ1n) is 5.73. The number of hydrogen-bond acceptors (Lipinski definition) is 3. The van der Waals surface area contributed by atoms with Gasteiger partial charge in [-0.05, 0) is 51.1 Å². The predicted molar refractivity (Wildman–Crippen MR) is 69.2 cm³/mol. The molecule has 0 aliphatic heterocycles. The van der Waals surface area contributed by atoms with Crippen LogP contribution in [0.1, 0.15) is 26.3 Å². The van der Waals surface area contributed by atoms with Crippen molar-refractivity contribution in [1.82, 2.24) is 5.32 Å². The van der Waals surface area contributed by atoms with Crippen molar-refractivity contribution in [3.05, 3.63) is 23.8 Å². The van der Waals surface area contributed by atoms with Gasteiger partial charge in [-0.2, -0.15) is 0 Å². The Morgan fingerprint density at radius 2 is 2.06 bits per heavy atom. The number of phenolic OH excluding ortho intramolecular Hbond substituents is 1. The summed E-state index contributed by atoms with van der Waals surface area (Å²) in [5, 5.41) is 15.3. The second kappa shape index (κ2) is 5.19. The van der Waals surface area contributed by atoms with Crippen LogP contribution in [0, 0.1) is 6.92 Å². The van der Waals surface area contributed by atoms with E-state index in [-0.39, 0.29) is 11.7 Å². The highest BCUT2D eigenvalue weighted by molar-refractivity contribution is 5.97. The van der Waals surface area contributed by atoms with Gasteiger partial charge in [0.05, 0.1) is 5.54 Å². The molecule has 3 N–H and O–H groups in total. The fraction of sp³-hybridized carbons (Fsp3) is 0.462. The van der Waals surface area contributed by atoms with Crippen LogP contribution in [0.4, 0.5) is 5.69 Å². The van der Waals surface area contributed by atoms with Gasteiger partial charge in [-0.25, -0.2) is 0 Å². The molecule has 0 aliphatic carbocycles. The van der Waals surface area contributed by atoms with Crippen molar-refractivity contribution >= 4 is 11.6 Å². The van der Waals surface area contributed by atoms with Gasteiger partial charge in [-0.3, -0.25) is 4.79 Å². The molecule has 17 heavy (non-hydrogen) atoms. The first-order chi connectivity index (χ1) is 7.86. The van der Waals surface area contributed by atoms with E-state index in [9.17, 15) is 9.90 Å². The maximum atomic E-state index is 12.0. The molecular formula is C13H20N2O2. The lowest BCUT2D eigenvalue weighted by Gasteiger charge is -2.24. The molecule has 0 heterocycles. The van der Waals surface area contributed by atoms with E-state index >= 15 is 0 Å². The quantitative estimate of drug-likeness (QED) is 0.701. The molecule has 0 bridgehead atoms. The average molecular weight is 236 g/mol. The highest BCUT2D eigenvalue weighted by Gasteiger charge is 2.26. The Bertz CT molecular complexity index is 414. The lowest BCUT2D eigenvalue weighted by molar-refractivity contribution is -0.121. The second-order valence-corrected chi connectivity index (χ2v) is 4.61. The molecule has 0 atom stereocenters. The molecule has 1 aromatic carbocycles. The van der Waals surface area contributed by atoms with Gasteiger partial charge >= 0.3 is 0 Å². The van der Waals surface area contributed by atoms with Gasteiger partial charge in [-0.15, -0.1) is 0 Å². The first-order valence-corrected chi connectivity index (χ1v) is 5.73. The van der Waals surface area contributed by atoms with Gasteiger partial charge in [0.1, 0.15) is 5.75 Å². The molecule has 1 amide bonds. The van der Waals surface area contributed by atoms with Gasteiger partial charge in [0.2, 0.25) is 5.91 Å². The normalized spacial score (nSPS) is 11.3. The van der Waals surface area contributed by atoms with E-state index in [1.807, 2.05) is 20.8 Å². The second-order valence-electron chi connectivity index (χ2n) is 4.61. The highest BCUT2D eigenvalue weighted by atomic mass is 16.3. The summed E-state index contributed by atoms with van der Waals surface area (Å²) < 4.78 is 0. The number of carbonyl (C=O) groups is 1. The monoisotopic (exact) mass is 236 g/mol. The molecular weight excluding hydrogens is 216 g/mol. The molecule has 0 radical (unpaired) electrons. The van der Waals surface area contributed by atoms with E-state index in [2.05, 4.69) is 10.6 Å². The molecule has 1 aromatic rings. The zero-order chi connectivity index (χ0) is 13.1. The van der Waals surface area contributed by atoms with Gasteiger partial charge in [-0.1, -0.05) is 6.92 Å². The summed E-state index contributed by atoms with van der Waals surface area (Å²) in [6.07, 6.45) is 0. The number of carbonyl (C=O) groups excluding carboxylic acids is 1. The topological polar surface area (TPSA) is 61.4 Å². The predicted octanol–water partition coefficient (Wildman–Crippen LogP) is 2.03. The fourth-order valence-corrected chi connectivity index (χ4v) is 1.54. The van der Waals surface area contributed by atoms with Crippen molar-refractivity contribution in [2.24, 2.45) is 0 Å². The van der Waals surface area contributed by atoms with E-state index in [0.29, 0.717) is 5.69 Å². The Hall–Kier alpha value is -1.55. The number of anilines is 1. The minimum absolute atomic E-state index is 0.0931. The van der Waals surface area contributed by atoms with Gasteiger partial charge in [0.25, 0.3) is 0 Å². The molecule has 0 saturated heterocycles. The van der Waals surface area contributed by atoms with Crippen molar-refractivity contribution in [2.45, 2.75) is 33.2 Å². The Morgan fingerprint density at radius 3 is 2.59 bits per heavy atom. The van der Waals surface area contributed by atoms with Crippen LogP contribution in [0.2, 0.25) is 0 Å². The van der Waals surface area contributed by atoms with Crippen LogP contribution in [0.5, 0.6) is 5.75 Å². The van der Waals surface area contributed by atoms with Crippen LogP contribution in [-0.4, -0.2) is 23.1 Å². The molecule has 94 valence electrons. The summed E-state index contributed by atoms with van der Waals surface area (Å²) in [4.78, 5) is 12.0. The standard InChI is InChI=1S/C13H20N2O2/c1-5-14-13(3,4)12(17)15-10-6-7-11(16)9(2)8-10/h6-8,14,16H,5H2,1-4H3,(H,15,17). The minimum Gasteiger partial charge on any atom is -0.508 e. The third-order valence-electron chi connectivity index (χ3n) is 2.64. The minimum atomic E-state index is -0.611. The summed E-state index contributed by atoms with van der Waals surface area (Å²) in [6, 6.07) is 5.00. The molecule has 4 heteroatoms. The van der Waals surface area contributed by atoms with Crippen molar-refractivity contribution < 1.29 is 9.90 Å². The Morgan fingerprint density at radius 1 is 1.41 bits per heavy atom. The van der Waals surface area contributed by atoms with Gasteiger partial charge < -0.3 is 15.7 Å². The average Bonchev–Trinajstić information content (AvgIpc) is 2.23.